The summed E-state index contributed by atoms with van der Waals surface area (Å²) >= 11 is 0. The Labute approximate surface area is 107 Å². The summed E-state index contributed by atoms with van der Waals surface area (Å²) in [6.45, 7) is 1.21. The van der Waals surface area contributed by atoms with Crippen molar-refractivity contribution in [3.05, 3.63) is 39.7 Å². The largest absolute Gasteiger partial charge is 0.368 e. The number of primary amides is 1. The number of halogens is 1. The number of benzene rings is 1. The van der Waals surface area contributed by atoms with Crippen LogP contribution in [-0.4, -0.2) is 22.8 Å². The number of hydrogen-bond acceptors (Lipinski definition) is 4. The van der Waals surface area contributed by atoms with Gasteiger partial charge < -0.3 is 11.1 Å². The van der Waals surface area contributed by atoms with Crippen LogP contribution in [0.2, 0.25) is 0 Å². The molecule has 7 nitrogen and oxygen atoms in total. The Hall–Kier alpha value is -2.51. The first-order valence-electron chi connectivity index (χ1n) is 5.30. The molecule has 2 amide bonds. The number of nitrogens with one attached hydrogen (secondary N) is 1. The van der Waals surface area contributed by atoms with Crippen LogP contribution in [0.1, 0.15) is 12.5 Å². The molecule has 0 aliphatic rings. The standard InChI is InChI=1S/C11H12FN3O4/c1-6(16)14-9(11(13)17)4-7-2-3-8(12)10(5-7)15(18)19/h2-3,5,9H,4H2,1H3,(H2,13,17)(H,14,16)/t9-/m1/s1. The van der Waals surface area contributed by atoms with Crippen molar-refractivity contribution in [2.45, 2.75) is 19.4 Å². The summed E-state index contributed by atoms with van der Waals surface area (Å²) in [6, 6.07) is 2.23. The van der Waals surface area contributed by atoms with Gasteiger partial charge >= 0.3 is 5.69 Å². The highest BCUT2D eigenvalue weighted by atomic mass is 19.1. The fourth-order valence-corrected chi connectivity index (χ4v) is 1.53. The van der Waals surface area contributed by atoms with Crippen LogP contribution in [-0.2, 0) is 16.0 Å². The van der Waals surface area contributed by atoms with E-state index < -0.39 is 34.3 Å². The van der Waals surface area contributed by atoms with Gasteiger partial charge in [0.2, 0.25) is 17.6 Å². The van der Waals surface area contributed by atoms with Crippen molar-refractivity contribution in [3.8, 4) is 0 Å². The molecule has 3 N–H and O–H groups in total. The van der Waals surface area contributed by atoms with E-state index in [-0.39, 0.29) is 6.42 Å². The number of nitrogens with two attached hydrogens (primary N) is 1. The molecule has 0 aliphatic carbocycles. The minimum absolute atomic E-state index is 0.0456. The Morgan fingerprint density at radius 1 is 1.53 bits per heavy atom. The van der Waals surface area contributed by atoms with Crippen molar-refractivity contribution in [1.29, 1.82) is 0 Å². The van der Waals surface area contributed by atoms with Gasteiger partial charge in [-0.25, -0.2) is 0 Å². The summed E-state index contributed by atoms with van der Waals surface area (Å²) in [5, 5.41) is 12.9. The third-order valence-corrected chi connectivity index (χ3v) is 2.37. The predicted molar refractivity (Wildman–Crippen MR) is 63.6 cm³/mol. The van der Waals surface area contributed by atoms with E-state index in [1.165, 1.54) is 13.0 Å². The van der Waals surface area contributed by atoms with E-state index in [1.54, 1.807) is 0 Å². The molecule has 1 rings (SSSR count). The first-order chi connectivity index (χ1) is 8.81. The summed E-state index contributed by atoms with van der Waals surface area (Å²) in [4.78, 5) is 31.7. The number of rotatable bonds is 5. The summed E-state index contributed by atoms with van der Waals surface area (Å²) in [7, 11) is 0. The number of nitrogens with zero attached hydrogens (tertiary/aromatic N) is 1. The molecule has 1 atom stereocenters. The Kier molecular flexibility index (Phi) is 4.51. The SMILES string of the molecule is CC(=O)N[C@H](Cc1ccc(F)c([N+](=O)[O-])c1)C(N)=O. The Morgan fingerprint density at radius 2 is 2.16 bits per heavy atom. The number of nitro groups is 1. The van der Waals surface area contributed by atoms with Crippen LogP contribution in [0.25, 0.3) is 0 Å². The van der Waals surface area contributed by atoms with Crippen molar-refractivity contribution >= 4 is 17.5 Å². The predicted octanol–water partition coefficient (Wildman–Crippen LogP) is 0.266. The maximum absolute atomic E-state index is 13.1. The quantitative estimate of drug-likeness (QED) is 0.589. The summed E-state index contributed by atoms with van der Waals surface area (Å²) in [6.07, 6.45) is -0.0456. The second-order valence-corrected chi connectivity index (χ2v) is 3.90. The molecule has 0 aliphatic heterocycles. The van der Waals surface area contributed by atoms with Crippen LogP contribution in [0.5, 0.6) is 0 Å². The van der Waals surface area contributed by atoms with E-state index in [2.05, 4.69) is 5.32 Å². The lowest BCUT2D eigenvalue weighted by atomic mass is 10.0. The van der Waals surface area contributed by atoms with Gasteiger partial charge in [-0.15, -0.1) is 0 Å². The number of hydrogen-bond donors (Lipinski definition) is 2. The molecule has 8 heteroatoms. The van der Waals surface area contributed by atoms with E-state index in [1.807, 2.05) is 0 Å². The lowest BCUT2D eigenvalue weighted by Crippen LogP contribution is -2.45. The second kappa shape index (κ2) is 5.89. The van der Waals surface area contributed by atoms with Crippen LogP contribution in [0.4, 0.5) is 10.1 Å². The summed E-state index contributed by atoms with van der Waals surface area (Å²) in [5.41, 5.74) is 4.73. The van der Waals surface area contributed by atoms with Gasteiger partial charge in [-0.3, -0.25) is 19.7 Å². The lowest BCUT2D eigenvalue weighted by Gasteiger charge is -2.14. The highest BCUT2D eigenvalue weighted by Crippen LogP contribution is 2.19. The minimum atomic E-state index is -0.998. The molecule has 0 spiro atoms. The van der Waals surface area contributed by atoms with E-state index in [4.69, 9.17) is 5.73 Å². The molecular weight excluding hydrogens is 257 g/mol. The first-order valence-corrected chi connectivity index (χ1v) is 5.30. The molecule has 102 valence electrons. The second-order valence-electron chi connectivity index (χ2n) is 3.90. The normalized spacial score (nSPS) is 11.7. The van der Waals surface area contributed by atoms with Crippen molar-refractivity contribution in [2.75, 3.05) is 0 Å². The maximum atomic E-state index is 13.1. The zero-order valence-electron chi connectivity index (χ0n) is 10.1. The number of carbonyl (C=O) groups is 2. The number of nitro benzene ring substituents is 1. The Bertz CT molecular complexity index is 533. The van der Waals surface area contributed by atoms with Crippen molar-refractivity contribution in [1.82, 2.24) is 5.32 Å². The zero-order valence-corrected chi connectivity index (χ0v) is 10.1. The Morgan fingerprint density at radius 3 is 2.63 bits per heavy atom. The molecule has 0 bridgehead atoms. The van der Waals surface area contributed by atoms with Crippen LogP contribution >= 0.6 is 0 Å². The van der Waals surface area contributed by atoms with Crippen LogP contribution < -0.4 is 11.1 Å². The van der Waals surface area contributed by atoms with Gasteiger partial charge in [0.05, 0.1) is 4.92 Å². The van der Waals surface area contributed by atoms with Gasteiger partial charge in [0.1, 0.15) is 6.04 Å². The van der Waals surface area contributed by atoms with Gasteiger partial charge in [-0.2, -0.15) is 4.39 Å². The van der Waals surface area contributed by atoms with Gasteiger partial charge in [0, 0.05) is 19.4 Å². The first kappa shape index (κ1) is 14.6. The molecule has 0 heterocycles. The fraction of sp³-hybridized carbons (Fsp3) is 0.273. The van der Waals surface area contributed by atoms with Gasteiger partial charge in [0.25, 0.3) is 0 Å². The topological polar surface area (TPSA) is 115 Å². The highest BCUT2D eigenvalue weighted by Gasteiger charge is 2.20. The van der Waals surface area contributed by atoms with Crippen LogP contribution in [0, 0.1) is 15.9 Å². The van der Waals surface area contributed by atoms with Crippen LogP contribution in [0.15, 0.2) is 18.2 Å². The molecule has 0 saturated heterocycles. The monoisotopic (exact) mass is 269 g/mol. The van der Waals surface area contributed by atoms with E-state index in [0.717, 1.165) is 12.1 Å². The van der Waals surface area contributed by atoms with Gasteiger partial charge in [-0.05, 0) is 11.6 Å². The molecule has 0 aromatic heterocycles. The van der Waals surface area contributed by atoms with Gasteiger partial charge in [-0.1, -0.05) is 6.07 Å². The van der Waals surface area contributed by atoms with E-state index >= 15 is 0 Å². The van der Waals surface area contributed by atoms with Crippen molar-refractivity contribution in [3.63, 3.8) is 0 Å². The summed E-state index contributed by atoms with van der Waals surface area (Å²) in [5.74, 6) is -2.20. The smallest absolute Gasteiger partial charge is 0.305 e. The molecule has 1 aromatic rings. The number of amides is 2. The average molecular weight is 269 g/mol. The van der Waals surface area contributed by atoms with E-state index in [9.17, 15) is 24.1 Å². The van der Waals surface area contributed by atoms with Crippen molar-refractivity contribution < 1.29 is 18.9 Å². The molecule has 0 saturated carbocycles. The number of carbonyl (C=O) groups excluding carboxylic acids is 2. The molecular formula is C11H12FN3O4. The summed E-state index contributed by atoms with van der Waals surface area (Å²) < 4.78 is 13.1. The molecule has 0 unspecified atom stereocenters. The van der Waals surface area contributed by atoms with E-state index in [0.29, 0.717) is 5.56 Å². The van der Waals surface area contributed by atoms with Crippen LogP contribution in [0.3, 0.4) is 0 Å². The molecule has 19 heavy (non-hydrogen) atoms. The Balaban J connectivity index is 2.97. The zero-order chi connectivity index (χ0) is 14.6. The van der Waals surface area contributed by atoms with Gasteiger partial charge in [0.15, 0.2) is 0 Å². The molecule has 1 aromatic carbocycles. The molecule has 0 radical (unpaired) electrons. The fourth-order valence-electron chi connectivity index (χ4n) is 1.53. The maximum Gasteiger partial charge on any atom is 0.305 e. The lowest BCUT2D eigenvalue weighted by molar-refractivity contribution is -0.387. The van der Waals surface area contributed by atoms with Crippen molar-refractivity contribution in [2.24, 2.45) is 5.73 Å². The third kappa shape index (κ3) is 4.02. The molecule has 0 fully saturated rings. The average Bonchev–Trinajstić information content (AvgIpc) is 2.29. The highest BCUT2D eigenvalue weighted by molar-refractivity contribution is 5.85. The third-order valence-electron chi connectivity index (χ3n) is 2.37. The minimum Gasteiger partial charge on any atom is -0.368 e.